The van der Waals surface area contributed by atoms with E-state index in [4.69, 9.17) is 14.6 Å². The van der Waals surface area contributed by atoms with Gasteiger partial charge in [0, 0.05) is 0 Å². The molecule has 0 aliphatic carbocycles. The topological polar surface area (TPSA) is 68.7 Å². The molecule has 1 aromatic carbocycles. The lowest BCUT2D eigenvalue weighted by atomic mass is 10.2. The molecule has 1 unspecified atom stereocenters. The summed E-state index contributed by atoms with van der Waals surface area (Å²) in [6.45, 7) is 2.02. The highest BCUT2D eigenvalue weighted by Gasteiger charge is 2.27. The summed E-state index contributed by atoms with van der Waals surface area (Å²) in [5.74, 6) is 0.396. The predicted molar refractivity (Wildman–Crippen MR) is 69.1 cm³/mol. The summed E-state index contributed by atoms with van der Waals surface area (Å²) < 4.78 is 11.4. The van der Waals surface area contributed by atoms with Crippen LogP contribution in [0.2, 0.25) is 0 Å². The summed E-state index contributed by atoms with van der Waals surface area (Å²) in [7, 11) is 0. The second-order valence-corrected chi connectivity index (χ2v) is 5.17. The predicted octanol–water partition coefficient (Wildman–Crippen LogP) is 2.66. The number of carboxylic acids is 1. The fourth-order valence-electron chi connectivity index (χ4n) is 1.89. The van der Waals surface area contributed by atoms with Crippen molar-refractivity contribution in [2.45, 2.75) is 13.0 Å². The van der Waals surface area contributed by atoms with Gasteiger partial charge in [-0.1, -0.05) is 12.1 Å². The molecule has 1 aliphatic rings. The van der Waals surface area contributed by atoms with Gasteiger partial charge < -0.3 is 14.6 Å². The highest BCUT2D eigenvalue weighted by Crippen LogP contribution is 2.37. The minimum absolute atomic E-state index is 0.248. The molecule has 2 aromatic rings. The van der Waals surface area contributed by atoms with Crippen LogP contribution >= 0.6 is 11.3 Å². The number of hydrogen-bond acceptors (Lipinski definition) is 5. The van der Waals surface area contributed by atoms with Crippen LogP contribution in [0.3, 0.4) is 0 Å². The fourth-order valence-corrected chi connectivity index (χ4v) is 2.81. The number of thiazole rings is 1. The molecule has 5 nitrogen and oxygen atoms in total. The van der Waals surface area contributed by atoms with Crippen LogP contribution in [-0.2, 0) is 0 Å². The van der Waals surface area contributed by atoms with Crippen molar-refractivity contribution in [2.24, 2.45) is 0 Å². The van der Waals surface area contributed by atoms with Gasteiger partial charge in [0.05, 0.1) is 5.69 Å². The van der Waals surface area contributed by atoms with Gasteiger partial charge in [0.1, 0.15) is 16.5 Å². The number of nitrogens with zero attached hydrogens (tertiary/aromatic N) is 1. The molecule has 6 heteroatoms. The summed E-state index contributed by atoms with van der Waals surface area (Å²) in [5, 5.41) is 9.66. The molecule has 1 atom stereocenters. The smallest absolute Gasteiger partial charge is 0.347 e. The molecule has 0 fully saturated rings. The Labute approximate surface area is 113 Å². The Morgan fingerprint density at radius 1 is 1.42 bits per heavy atom. The zero-order valence-corrected chi connectivity index (χ0v) is 10.9. The summed E-state index contributed by atoms with van der Waals surface area (Å²) in [6, 6.07) is 7.39. The number of rotatable bonds is 2. The molecular weight excluding hydrogens is 266 g/mol. The minimum atomic E-state index is -0.960. The van der Waals surface area contributed by atoms with E-state index in [9.17, 15) is 4.79 Å². The number of aromatic carboxylic acids is 1. The number of para-hydroxylation sites is 2. The lowest BCUT2D eigenvalue weighted by Crippen LogP contribution is -2.21. The normalized spacial score (nSPS) is 17.2. The number of carbonyl (C=O) groups is 1. The van der Waals surface area contributed by atoms with Gasteiger partial charge in [0.2, 0.25) is 0 Å². The Morgan fingerprint density at radius 2 is 2.16 bits per heavy atom. The lowest BCUT2D eigenvalue weighted by molar-refractivity contribution is 0.0701. The van der Waals surface area contributed by atoms with Gasteiger partial charge in [-0.05, 0) is 19.1 Å². The number of benzene rings is 1. The summed E-state index contributed by atoms with van der Waals surface area (Å²) in [6.07, 6.45) is -0.355. The van der Waals surface area contributed by atoms with E-state index in [-0.39, 0.29) is 11.0 Å². The maximum Gasteiger partial charge on any atom is 0.347 e. The van der Waals surface area contributed by atoms with Crippen LogP contribution in [0, 0.1) is 6.92 Å². The van der Waals surface area contributed by atoms with E-state index >= 15 is 0 Å². The summed E-state index contributed by atoms with van der Waals surface area (Å²) in [4.78, 5) is 15.5. The van der Waals surface area contributed by atoms with Crippen LogP contribution in [0.4, 0.5) is 0 Å². The molecule has 1 N–H and O–H groups in total. The van der Waals surface area contributed by atoms with Gasteiger partial charge in [-0.25, -0.2) is 9.78 Å². The number of carboxylic acid groups (broad SMARTS) is 1. The van der Waals surface area contributed by atoms with Gasteiger partial charge in [0.25, 0.3) is 0 Å². The molecule has 0 spiro atoms. The number of fused-ring (bicyclic) bond motifs is 1. The largest absolute Gasteiger partial charge is 0.485 e. The Morgan fingerprint density at radius 3 is 2.84 bits per heavy atom. The second kappa shape index (κ2) is 4.55. The van der Waals surface area contributed by atoms with Crippen molar-refractivity contribution in [3.63, 3.8) is 0 Å². The third-order valence-corrected chi connectivity index (χ3v) is 4.03. The molecule has 0 bridgehead atoms. The SMILES string of the molecule is Cc1nc(C2COc3ccccc3O2)sc1C(=O)O. The zero-order valence-electron chi connectivity index (χ0n) is 10.1. The average molecular weight is 277 g/mol. The molecule has 1 aromatic heterocycles. The lowest BCUT2D eigenvalue weighted by Gasteiger charge is -2.24. The highest BCUT2D eigenvalue weighted by molar-refractivity contribution is 7.13. The monoisotopic (exact) mass is 277 g/mol. The molecule has 3 rings (SSSR count). The first-order valence-electron chi connectivity index (χ1n) is 5.74. The van der Waals surface area contributed by atoms with Crippen LogP contribution in [0.25, 0.3) is 0 Å². The van der Waals surface area contributed by atoms with Crippen molar-refractivity contribution in [1.82, 2.24) is 4.98 Å². The van der Waals surface area contributed by atoms with Gasteiger partial charge >= 0.3 is 5.97 Å². The molecule has 19 heavy (non-hydrogen) atoms. The number of hydrogen-bond donors (Lipinski definition) is 1. The molecule has 0 amide bonds. The third-order valence-electron chi connectivity index (χ3n) is 2.79. The van der Waals surface area contributed by atoms with Crippen molar-refractivity contribution in [2.75, 3.05) is 6.61 Å². The number of aryl methyl sites for hydroxylation is 1. The van der Waals surface area contributed by atoms with Crippen molar-refractivity contribution in [3.8, 4) is 11.5 Å². The van der Waals surface area contributed by atoms with Gasteiger partial charge in [-0.15, -0.1) is 11.3 Å². The van der Waals surface area contributed by atoms with Crippen LogP contribution in [0.5, 0.6) is 11.5 Å². The fraction of sp³-hybridized carbons (Fsp3) is 0.231. The quantitative estimate of drug-likeness (QED) is 0.914. The average Bonchev–Trinajstić information content (AvgIpc) is 2.80. The van der Waals surface area contributed by atoms with Crippen molar-refractivity contribution in [1.29, 1.82) is 0 Å². The maximum absolute atomic E-state index is 11.0. The van der Waals surface area contributed by atoms with E-state index < -0.39 is 5.97 Å². The van der Waals surface area contributed by atoms with Crippen LogP contribution < -0.4 is 9.47 Å². The van der Waals surface area contributed by atoms with E-state index in [1.807, 2.05) is 24.3 Å². The second-order valence-electron chi connectivity index (χ2n) is 4.14. The van der Waals surface area contributed by atoms with Crippen LogP contribution in [0.1, 0.15) is 26.5 Å². The Bertz CT molecular complexity index is 637. The third kappa shape index (κ3) is 2.15. The van der Waals surface area contributed by atoms with Gasteiger partial charge in [-0.3, -0.25) is 0 Å². The van der Waals surface area contributed by atoms with Crippen LogP contribution in [-0.4, -0.2) is 22.7 Å². The maximum atomic E-state index is 11.0. The molecular formula is C13H11NO4S. The van der Waals surface area contributed by atoms with Crippen molar-refractivity contribution < 1.29 is 19.4 Å². The molecule has 1 aliphatic heterocycles. The zero-order chi connectivity index (χ0) is 13.4. The first-order chi connectivity index (χ1) is 9.15. The van der Waals surface area contributed by atoms with E-state index in [2.05, 4.69) is 4.98 Å². The van der Waals surface area contributed by atoms with Gasteiger partial charge in [-0.2, -0.15) is 0 Å². The van der Waals surface area contributed by atoms with E-state index in [1.165, 1.54) is 0 Å². The molecule has 0 saturated carbocycles. The number of aromatic nitrogens is 1. The highest BCUT2D eigenvalue weighted by atomic mass is 32.1. The Hall–Kier alpha value is -2.08. The van der Waals surface area contributed by atoms with E-state index in [0.29, 0.717) is 28.8 Å². The van der Waals surface area contributed by atoms with E-state index in [0.717, 1.165) is 11.3 Å². The Kier molecular flexibility index (Phi) is 2.87. The van der Waals surface area contributed by atoms with Gasteiger partial charge in [0.15, 0.2) is 17.6 Å². The van der Waals surface area contributed by atoms with Crippen molar-refractivity contribution in [3.05, 3.63) is 39.8 Å². The van der Waals surface area contributed by atoms with Crippen molar-refractivity contribution >= 4 is 17.3 Å². The molecule has 0 radical (unpaired) electrons. The molecule has 2 heterocycles. The Balaban J connectivity index is 1.89. The summed E-state index contributed by atoms with van der Waals surface area (Å²) >= 11 is 1.13. The standard InChI is InChI=1S/C13H11NO4S/c1-7-11(13(15)16)19-12(14-7)10-6-17-8-4-2-3-5-9(8)18-10/h2-5,10H,6H2,1H3,(H,15,16). The first kappa shape index (κ1) is 12.0. The minimum Gasteiger partial charge on any atom is -0.485 e. The molecule has 98 valence electrons. The first-order valence-corrected chi connectivity index (χ1v) is 6.56. The summed E-state index contributed by atoms with van der Waals surface area (Å²) in [5.41, 5.74) is 0.509. The number of ether oxygens (including phenoxy) is 2. The van der Waals surface area contributed by atoms with Crippen LogP contribution in [0.15, 0.2) is 24.3 Å². The molecule has 0 saturated heterocycles. The van der Waals surface area contributed by atoms with E-state index in [1.54, 1.807) is 6.92 Å².